The quantitative estimate of drug-likeness (QED) is 0.238. The molecule has 43 heavy (non-hydrogen) atoms. The standard InChI is InChI=1S/C28H25ClF6N6O2/c29-17-11-20(24(37-12-17)28(33,34)35)25(42)39-18-7-5-16(6-8-18)14-40-21-3-1-2-4-22(21)41(26(40)43)19-9-10-23(36-13-19)38-15-27(30,31)32/h1-4,9-13,16,18H,5-8,14-15H2,(H,36,38)(H,39,42). The fourth-order valence-corrected chi connectivity index (χ4v) is 5.45. The fourth-order valence-electron chi connectivity index (χ4n) is 5.30. The van der Waals surface area contributed by atoms with Crippen LogP contribution in [0.15, 0.2) is 59.7 Å². The first kappa shape index (κ1) is 30.4. The van der Waals surface area contributed by atoms with Crippen LogP contribution in [0.25, 0.3) is 16.7 Å². The Morgan fingerprint density at radius 2 is 1.65 bits per heavy atom. The van der Waals surface area contributed by atoms with Crippen LogP contribution in [-0.4, -0.2) is 43.8 Å². The van der Waals surface area contributed by atoms with Crippen molar-refractivity contribution in [3.05, 3.63) is 81.6 Å². The summed E-state index contributed by atoms with van der Waals surface area (Å²) >= 11 is 5.80. The molecule has 1 fully saturated rings. The minimum atomic E-state index is -4.82. The number of halogens is 7. The number of imidazole rings is 1. The molecule has 8 nitrogen and oxygen atoms in total. The maximum absolute atomic E-state index is 13.6. The van der Waals surface area contributed by atoms with Crippen LogP contribution in [0.1, 0.15) is 41.7 Å². The Bertz CT molecular complexity index is 1670. The largest absolute Gasteiger partial charge is 0.434 e. The minimum absolute atomic E-state index is 0.0166. The average Bonchev–Trinajstić information content (AvgIpc) is 3.23. The smallest absolute Gasteiger partial charge is 0.361 e. The Balaban J connectivity index is 1.28. The molecular weight excluding hydrogens is 602 g/mol. The second-order valence-electron chi connectivity index (χ2n) is 10.3. The van der Waals surface area contributed by atoms with E-state index in [2.05, 4.69) is 20.6 Å². The zero-order valence-corrected chi connectivity index (χ0v) is 23.1. The van der Waals surface area contributed by atoms with Gasteiger partial charge in [-0.1, -0.05) is 23.7 Å². The lowest BCUT2D eigenvalue weighted by molar-refractivity contribution is -0.141. The van der Waals surface area contributed by atoms with Crippen LogP contribution in [0.4, 0.5) is 32.2 Å². The van der Waals surface area contributed by atoms with Crippen molar-refractivity contribution < 1.29 is 31.1 Å². The summed E-state index contributed by atoms with van der Waals surface area (Å²) in [6.07, 6.45) is -4.85. The Kier molecular flexibility index (Phi) is 8.41. The van der Waals surface area contributed by atoms with E-state index in [9.17, 15) is 35.9 Å². The van der Waals surface area contributed by atoms with Crippen molar-refractivity contribution in [1.29, 1.82) is 0 Å². The van der Waals surface area contributed by atoms with Gasteiger partial charge < -0.3 is 10.6 Å². The topological polar surface area (TPSA) is 93.8 Å². The molecule has 0 aliphatic heterocycles. The van der Waals surface area contributed by atoms with E-state index in [0.717, 1.165) is 12.3 Å². The van der Waals surface area contributed by atoms with Crippen molar-refractivity contribution in [2.24, 2.45) is 5.92 Å². The molecule has 1 saturated carbocycles. The summed E-state index contributed by atoms with van der Waals surface area (Å²) in [5.41, 5.74) is -0.640. The number of anilines is 1. The molecule has 0 radical (unpaired) electrons. The second-order valence-corrected chi connectivity index (χ2v) is 10.8. The van der Waals surface area contributed by atoms with E-state index in [1.165, 1.54) is 22.9 Å². The molecule has 4 aromatic rings. The number of hydrogen-bond acceptors (Lipinski definition) is 5. The highest BCUT2D eigenvalue weighted by Gasteiger charge is 2.38. The Labute approximate surface area is 245 Å². The number of alkyl halides is 6. The van der Waals surface area contributed by atoms with E-state index in [-0.39, 0.29) is 28.5 Å². The molecule has 2 N–H and O–H groups in total. The van der Waals surface area contributed by atoms with Gasteiger partial charge in [-0.15, -0.1) is 0 Å². The molecular formula is C28H25ClF6N6O2. The van der Waals surface area contributed by atoms with Gasteiger partial charge >= 0.3 is 18.0 Å². The third-order valence-corrected chi connectivity index (χ3v) is 7.51. The number of aromatic nitrogens is 4. The van der Waals surface area contributed by atoms with E-state index in [1.807, 2.05) is 0 Å². The van der Waals surface area contributed by atoms with Gasteiger partial charge in [0, 0.05) is 18.8 Å². The summed E-state index contributed by atoms with van der Waals surface area (Å²) in [6.45, 7) is -0.876. The summed E-state index contributed by atoms with van der Waals surface area (Å²) in [4.78, 5) is 33.6. The van der Waals surface area contributed by atoms with Crippen LogP contribution in [-0.2, 0) is 12.7 Å². The second kappa shape index (κ2) is 11.9. The van der Waals surface area contributed by atoms with Crippen molar-refractivity contribution in [3.8, 4) is 5.69 Å². The Morgan fingerprint density at radius 3 is 2.28 bits per heavy atom. The normalized spacial score (nSPS) is 17.7. The maximum Gasteiger partial charge on any atom is 0.434 e. The van der Waals surface area contributed by atoms with Crippen molar-refractivity contribution in [1.82, 2.24) is 24.4 Å². The lowest BCUT2D eigenvalue weighted by Crippen LogP contribution is -2.39. The highest BCUT2D eigenvalue weighted by molar-refractivity contribution is 6.30. The van der Waals surface area contributed by atoms with Crippen molar-refractivity contribution in [3.63, 3.8) is 0 Å². The lowest BCUT2D eigenvalue weighted by atomic mass is 9.85. The zero-order valence-electron chi connectivity index (χ0n) is 22.3. The van der Waals surface area contributed by atoms with Gasteiger partial charge in [0.05, 0.1) is 33.5 Å². The molecule has 15 heteroatoms. The highest BCUT2D eigenvalue weighted by Crippen LogP contribution is 2.32. The Morgan fingerprint density at radius 1 is 0.953 bits per heavy atom. The molecule has 0 atom stereocenters. The molecule has 1 aromatic carbocycles. The van der Waals surface area contributed by atoms with Crippen molar-refractivity contribution in [2.75, 3.05) is 11.9 Å². The first-order valence-corrected chi connectivity index (χ1v) is 13.7. The summed E-state index contributed by atoms with van der Waals surface area (Å²) in [5.74, 6) is -0.836. The van der Waals surface area contributed by atoms with Gasteiger partial charge in [-0.2, -0.15) is 26.3 Å². The molecule has 3 heterocycles. The van der Waals surface area contributed by atoms with E-state index >= 15 is 0 Å². The number of carbonyl (C=O) groups excluding carboxylic acids is 1. The zero-order chi connectivity index (χ0) is 30.9. The predicted molar refractivity (Wildman–Crippen MR) is 147 cm³/mol. The third kappa shape index (κ3) is 6.95. The van der Waals surface area contributed by atoms with E-state index < -0.39 is 36.1 Å². The number of benzene rings is 1. The van der Waals surface area contributed by atoms with Crippen molar-refractivity contribution >= 4 is 34.4 Å². The predicted octanol–water partition coefficient (Wildman–Crippen LogP) is 6.22. The van der Waals surface area contributed by atoms with Gasteiger partial charge in [0.1, 0.15) is 12.4 Å². The molecule has 3 aromatic heterocycles. The fraction of sp³-hybridized carbons (Fsp3) is 0.357. The van der Waals surface area contributed by atoms with Gasteiger partial charge in [0.2, 0.25) is 0 Å². The van der Waals surface area contributed by atoms with E-state index in [0.29, 0.717) is 48.9 Å². The monoisotopic (exact) mass is 626 g/mol. The average molecular weight is 627 g/mol. The minimum Gasteiger partial charge on any atom is -0.361 e. The summed E-state index contributed by atoms with van der Waals surface area (Å²) in [6, 6.07) is 10.6. The number of para-hydroxylation sites is 2. The number of fused-ring (bicyclic) bond motifs is 1. The molecule has 0 saturated heterocycles. The van der Waals surface area contributed by atoms with Crippen LogP contribution in [0.3, 0.4) is 0 Å². The van der Waals surface area contributed by atoms with E-state index in [4.69, 9.17) is 11.6 Å². The van der Waals surface area contributed by atoms with Crippen LogP contribution in [0, 0.1) is 5.92 Å². The van der Waals surface area contributed by atoms with Gasteiger partial charge in [0.15, 0.2) is 5.69 Å². The molecule has 1 amide bonds. The number of pyridine rings is 2. The number of rotatable bonds is 7. The SMILES string of the molecule is O=C(NC1CCC(Cn2c(=O)n(-c3ccc(NCC(F)(F)F)nc3)c3ccccc32)CC1)c1cc(Cl)cnc1C(F)(F)F. The first-order valence-electron chi connectivity index (χ1n) is 13.3. The van der Waals surface area contributed by atoms with Crippen LogP contribution < -0.4 is 16.3 Å². The summed E-state index contributed by atoms with van der Waals surface area (Å²) in [5, 5.41) is 4.77. The molecule has 0 unspecified atom stereocenters. The molecule has 228 valence electrons. The van der Waals surface area contributed by atoms with Crippen LogP contribution in [0.5, 0.6) is 0 Å². The Hall–Kier alpha value is -4.07. The molecule has 0 spiro atoms. The van der Waals surface area contributed by atoms with Gasteiger partial charge in [0.25, 0.3) is 5.91 Å². The highest BCUT2D eigenvalue weighted by atomic mass is 35.5. The van der Waals surface area contributed by atoms with Crippen LogP contribution >= 0.6 is 11.6 Å². The molecule has 1 aliphatic carbocycles. The molecule has 5 rings (SSSR count). The van der Waals surface area contributed by atoms with Crippen LogP contribution in [0.2, 0.25) is 5.02 Å². The summed E-state index contributed by atoms with van der Waals surface area (Å²) < 4.78 is 80.7. The van der Waals surface area contributed by atoms with Gasteiger partial charge in [-0.05, 0) is 61.9 Å². The molecule has 0 bridgehead atoms. The number of hydrogen-bond donors (Lipinski definition) is 2. The maximum atomic E-state index is 13.6. The summed E-state index contributed by atoms with van der Waals surface area (Å²) in [7, 11) is 0. The number of amides is 1. The third-order valence-electron chi connectivity index (χ3n) is 7.30. The number of nitrogens with zero attached hydrogens (tertiary/aromatic N) is 4. The molecule has 1 aliphatic rings. The number of nitrogens with one attached hydrogen (secondary N) is 2. The van der Waals surface area contributed by atoms with Gasteiger partial charge in [-0.25, -0.2) is 14.8 Å². The number of carbonyl (C=O) groups is 1. The first-order chi connectivity index (χ1) is 20.3. The van der Waals surface area contributed by atoms with Gasteiger partial charge in [-0.3, -0.25) is 13.9 Å². The van der Waals surface area contributed by atoms with Crippen molar-refractivity contribution in [2.45, 2.75) is 50.6 Å². The van der Waals surface area contributed by atoms with E-state index in [1.54, 1.807) is 28.8 Å². The lowest BCUT2D eigenvalue weighted by Gasteiger charge is -2.29.